The number of piperidine rings is 1. The zero-order valence-electron chi connectivity index (χ0n) is 13.8. The Morgan fingerprint density at radius 3 is 2.67 bits per heavy atom. The normalized spacial score (nSPS) is 24.2. The molecule has 0 radical (unpaired) electrons. The molecule has 1 aromatic heterocycles. The third-order valence-corrected chi connectivity index (χ3v) is 4.82. The summed E-state index contributed by atoms with van der Waals surface area (Å²) >= 11 is 0. The van der Waals surface area contributed by atoms with Crippen molar-refractivity contribution < 1.29 is 9.90 Å². The molecule has 1 fully saturated rings. The van der Waals surface area contributed by atoms with Gasteiger partial charge in [0.1, 0.15) is 0 Å². The summed E-state index contributed by atoms with van der Waals surface area (Å²) in [5.74, 6) is 0.350. The lowest BCUT2D eigenvalue weighted by Gasteiger charge is -2.35. The van der Waals surface area contributed by atoms with Crippen LogP contribution in [0.2, 0.25) is 0 Å². The molecule has 118 valence electrons. The number of aliphatic hydroxyl groups excluding tert-OH is 1. The van der Waals surface area contributed by atoms with Gasteiger partial charge in [-0.2, -0.15) is 5.10 Å². The molecule has 1 aliphatic heterocycles. The summed E-state index contributed by atoms with van der Waals surface area (Å²) in [6, 6.07) is 0. The highest BCUT2D eigenvalue weighted by atomic mass is 16.3. The van der Waals surface area contributed by atoms with E-state index in [0.717, 1.165) is 24.4 Å². The Balaban J connectivity index is 2.03. The molecule has 21 heavy (non-hydrogen) atoms. The van der Waals surface area contributed by atoms with Gasteiger partial charge >= 0.3 is 0 Å². The maximum Gasteiger partial charge on any atom is 0.225 e. The van der Waals surface area contributed by atoms with Gasteiger partial charge in [0, 0.05) is 31.7 Å². The number of amides is 1. The molecule has 1 saturated heterocycles. The van der Waals surface area contributed by atoms with Gasteiger partial charge in [-0.05, 0) is 38.2 Å². The van der Waals surface area contributed by atoms with Crippen molar-refractivity contribution in [2.45, 2.75) is 46.6 Å². The highest BCUT2D eigenvalue weighted by Gasteiger charge is 2.30. The number of β-amino-alcohol motifs (C(OH)–C–C–N with tert-alkyl or cyclic N) is 1. The van der Waals surface area contributed by atoms with Gasteiger partial charge in [-0.1, -0.05) is 13.8 Å². The van der Waals surface area contributed by atoms with Crippen molar-refractivity contribution in [1.29, 1.82) is 0 Å². The van der Waals surface area contributed by atoms with Crippen LogP contribution < -0.4 is 0 Å². The minimum absolute atomic E-state index is 0.0767. The summed E-state index contributed by atoms with van der Waals surface area (Å²) < 4.78 is 1.87. The fourth-order valence-corrected chi connectivity index (χ4v) is 3.07. The van der Waals surface area contributed by atoms with Crippen molar-refractivity contribution >= 4 is 5.91 Å². The van der Waals surface area contributed by atoms with Gasteiger partial charge in [-0.25, -0.2) is 0 Å². The van der Waals surface area contributed by atoms with E-state index >= 15 is 0 Å². The van der Waals surface area contributed by atoms with E-state index in [4.69, 9.17) is 0 Å². The smallest absolute Gasteiger partial charge is 0.225 e. The topological polar surface area (TPSA) is 58.4 Å². The minimum Gasteiger partial charge on any atom is -0.391 e. The summed E-state index contributed by atoms with van der Waals surface area (Å²) in [5.41, 5.74) is 3.30. The second-order valence-corrected chi connectivity index (χ2v) is 6.50. The third kappa shape index (κ3) is 3.28. The minimum atomic E-state index is -0.392. The van der Waals surface area contributed by atoms with Crippen LogP contribution in [-0.2, 0) is 18.3 Å². The van der Waals surface area contributed by atoms with E-state index in [1.54, 1.807) is 0 Å². The number of carbonyl (C=O) groups is 1. The number of aliphatic hydroxyl groups is 1. The maximum atomic E-state index is 12.6. The zero-order chi connectivity index (χ0) is 15.7. The first-order chi connectivity index (χ1) is 9.81. The summed E-state index contributed by atoms with van der Waals surface area (Å²) in [7, 11) is 1.93. The van der Waals surface area contributed by atoms with Crippen molar-refractivity contribution in [3.8, 4) is 0 Å². The molecule has 5 heteroatoms. The molecule has 0 saturated carbocycles. The highest BCUT2D eigenvalue weighted by molar-refractivity contribution is 5.79. The summed E-state index contributed by atoms with van der Waals surface area (Å²) in [5, 5.41) is 14.4. The summed E-state index contributed by atoms with van der Waals surface area (Å²) in [4.78, 5) is 14.4. The zero-order valence-corrected chi connectivity index (χ0v) is 13.8. The molecule has 1 amide bonds. The largest absolute Gasteiger partial charge is 0.391 e. The van der Waals surface area contributed by atoms with Gasteiger partial charge in [0.05, 0.1) is 11.8 Å². The van der Waals surface area contributed by atoms with Crippen LogP contribution in [0.4, 0.5) is 0 Å². The predicted molar refractivity (Wildman–Crippen MR) is 81.9 cm³/mol. The van der Waals surface area contributed by atoms with Crippen LogP contribution in [-0.4, -0.2) is 44.9 Å². The van der Waals surface area contributed by atoms with Crippen LogP contribution in [0.3, 0.4) is 0 Å². The second-order valence-electron chi connectivity index (χ2n) is 6.50. The van der Waals surface area contributed by atoms with Crippen molar-refractivity contribution in [2.75, 3.05) is 13.1 Å². The number of likely N-dealkylation sites (tertiary alicyclic amines) is 1. The van der Waals surface area contributed by atoms with Crippen molar-refractivity contribution in [3.05, 3.63) is 17.0 Å². The molecule has 1 aromatic rings. The van der Waals surface area contributed by atoms with Crippen LogP contribution in [0.15, 0.2) is 0 Å². The molecular weight excluding hydrogens is 266 g/mol. The van der Waals surface area contributed by atoms with E-state index in [-0.39, 0.29) is 17.7 Å². The first-order valence-corrected chi connectivity index (χ1v) is 7.77. The molecule has 3 unspecified atom stereocenters. The van der Waals surface area contributed by atoms with Crippen LogP contribution >= 0.6 is 0 Å². The number of rotatable bonds is 3. The fraction of sp³-hybridized carbons (Fsp3) is 0.750. The molecule has 3 atom stereocenters. The number of nitrogens with zero attached hydrogens (tertiary/aromatic N) is 3. The molecule has 0 spiro atoms. The molecule has 2 rings (SSSR count). The molecular formula is C16H27N3O2. The Kier molecular flexibility index (Phi) is 4.71. The van der Waals surface area contributed by atoms with E-state index in [2.05, 4.69) is 5.10 Å². The van der Waals surface area contributed by atoms with Crippen LogP contribution in [0.1, 0.15) is 37.2 Å². The Morgan fingerprint density at radius 1 is 1.48 bits per heavy atom. The number of aryl methyl sites for hydroxylation is 2. The molecule has 0 aliphatic carbocycles. The summed E-state index contributed by atoms with van der Waals surface area (Å²) in [6.07, 6.45) is 1.20. The van der Waals surface area contributed by atoms with E-state index < -0.39 is 6.10 Å². The van der Waals surface area contributed by atoms with Crippen molar-refractivity contribution in [3.63, 3.8) is 0 Å². The number of aromatic nitrogens is 2. The average molecular weight is 293 g/mol. The van der Waals surface area contributed by atoms with Crippen LogP contribution in [0.25, 0.3) is 0 Å². The quantitative estimate of drug-likeness (QED) is 0.917. The lowest BCUT2D eigenvalue weighted by atomic mass is 9.93. The number of hydrogen-bond donors (Lipinski definition) is 1. The van der Waals surface area contributed by atoms with Crippen LogP contribution in [0.5, 0.6) is 0 Å². The maximum absolute atomic E-state index is 12.6. The Labute approximate surface area is 126 Å². The van der Waals surface area contributed by atoms with Gasteiger partial charge in [-0.15, -0.1) is 0 Å². The molecule has 2 heterocycles. The molecule has 1 N–H and O–H groups in total. The van der Waals surface area contributed by atoms with Crippen LogP contribution in [0, 0.1) is 25.7 Å². The first kappa shape index (κ1) is 16.0. The predicted octanol–water partition coefficient (Wildman–Crippen LogP) is 1.44. The SMILES string of the molecule is Cc1nn(C)c(C)c1CC(C)C(=O)N1CCC(C)C(O)C1. The van der Waals surface area contributed by atoms with E-state index in [1.165, 1.54) is 5.56 Å². The number of carbonyl (C=O) groups excluding carboxylic acids is 1. The standard InChI is InChI=1S/C16H27N3O2/c1-10-6-7-19(9-15(10)20)16(21)11(2)8-14-12(3)17-18(5)13(14)4/h10-11,15,20H,6-9H2,1-5H3. The van der Waals surface area contributed by atoms with Gasteiger partial charge in [0.15, 0.2) is 0 Å². The Hall–Kier alpha value is -1.36. The highest BCUT2D eigenvalue weighted by Crippen LogP contribution is 2.22. The lowest BCUT2D eigenvalue weighted by molar-refractivity contribution is -0.139. The average Bonchev–Trinajstić information content (AvgIpc) is 2.67. The van der Waals surface area contributed by atoms with E-state index in [9.17, 15) is 9.90 Å². The Morgan fingerprint density at radius 2 is 2.14 bits per heavy atom. The van der Waals surface area contributed by atoms with E-state index in [0.29, 0.717) is 13.0 Å². The first-order valence-electron chi connectivity index (χ1n) is 7.77. The second kappa shape index (κ2) is 6.18. The fourth-order valence-electron chi connectivity index (χ4n) is 3.07. The number of hydrogen-bond acceptors (Lipinski definition) is 3. The van der Waals surface area contributed by atoms with Gasteiger partial charge in [0.2, 0.25) is 5.91 Å². The molecule has 0 bridgehead atoms. The van der Waals surface area contributed by atoms with Gasteiger partial charge in [0.25, 0.3) is 0 Å². The molecule has 5 nitrogen and oxygen atoms in total. The lowest BCUT2D eigenvalue weighted by Crippen LogP contribution is -2.47. The van der Waals surface area contributed by atoms with E-state index in [1.807, 2.05) is 44.3 Å². The summed E-state index contributed by atoms with van der Waals surface area (Å²) in [6.45, 7) is 9.27. The third-order valence-electron chi connectivity index (χ3n) is 4.82. The van der Waals surface area contributed by atoms with Gasteiger partial charge < -0.3 is 10.0 Å². The van der Waals surface area contributed by atoms with Crippen molar-refractivity contribution in [2.24, 2.45) is 18.9 Å². The molecule has 1 aliphatic rings. The van der Waals surface area contributed by atoms with Gasteiger partial charge in [-0.3, -0.25) is 9.48 Å². The van der Waals surface area contributed by atoms with Crippen molar-refractivity contribution in [1.82, 2.24) is 14.7 Å². The Bertz CT molecular complexity index is 524. The molecule has 0 aromatic carbocycles. The monoisotopic (exact) mass is 293 g/mol.